The zero-order chi connectivity index (χ0) is 16.4. The van der Waals surface area contributed by atoms with Crippen molar-refractivity contribution in [3.63, 3.8) is 0 Å². The molecule has 120 valence electrons. The van der Waals surface area contributed by atoms with Crippen molar-refractivity contribution < 1.29 is 9.53 Å². The van der Waals surface area contributed by atoms with E-state index in [0.717, 1.165) is 0 Å². The van der Waals surface area contributed by atoms with Crippen molar-refractivity contribution in [2.24, 2.45) is 5.73 Å². The number of halogens is 1. The molecule has 0 bridgehead atoms. The first kappa shape index (κ1) is 15.4. The number of ether oxygens (including phenoxy) is 1. The highest BCUT2D eigenvalue weighted by Crippen LogP contribution is 2.24. The number of pyridine rings is 1. The molecule has 1 fully saturated rings. The van der Waals surface area contributed by atoms with Gasteiger partial charge in [-0.15, -0.1) is 0 Å². The summed E-state index contributed by atoms with van der Waals surface area (Å²) in [7, 11) is 0. The molecule has 3 rings (SSSR count). The lowest BCUT2D eigenvalue weighted by molar-refractivity contribution is -0.130. The van der Waals surface area contributed by atoms with Crippen molar-refractivity contribution >= 4 is 23.3 Å². The maximum Gasteiger partial charge on any atom is 0.272 e. The number of primary amides is 1. The average Bonchev–Trinajstić information content (AvgIpc) is 2.58. The summed E-state index contributed by atoms with van der Waals surface area (Å²) in [5.74, 6) is 0.112. The summed E-state index contributed by atoms with van der Waals surface area (Å²) in [5.41, 5.74) is 5.53. The first-order valence-corrected chi connectivity index (χ1v) is 7.30. The lowest BCUT2D eigenvalue weighted by Crippen LogP contribution is -2.49. The molecule has 9 heteroatoms. The third-order valence-corrected chi connectivity index (χ3v) is 3.82. The van der Waals surface area contributed by atoms with Crippen molar-refractivity contribution in [2.75, 3.05) is 24.6 Å². The number of amides is 1. The highest BCUT2D eigenvalue weighted by molar-refractivity contribution is 6.32. The predicted octanol–water partition coefficient (Wildman–Crippen LogP) is 0.176. The van der Waals surface area contributed by atoms with Gasteiger partial charge in [0.25, 0.3) is 5.56 Å². The van der Waals surface area contributed by atoms with Crippen LogP contribution in [0, 0.1) is 0 Å². The van der Waals surface area contributed by atoms with E-state index in [4.69, 9.17) is 22.1 Å². The lowest BCUT2D eigenvalue weighted by atomic mass is 10.2. The van der Waals surface area contributed by atoms with Crippen molar-refractivity contribution in [1.29, 1.82) is 0 Å². The Morgan fingerprint density at radius 3 is 2.87 bits per heavy atom. The molecule has 0 saturated carbocycles. The Hall–Kier alpha value is -2.45. The molecular weight excluding hydrogens is 322 g/mol. The van der Waals surface area contributed by atoms with Gasteiger partial charge in [-0.2, -0.15) is 0 Å². The fourth-order valence-electron chi connectivity index (χ4n) is 2.32. The van der Waals surface area contributed by atoms with Gasteiger partial charge < -0.3 is 20.4 Å². The molecule has 1 aliphatic rings. The van der Waals surface area contributed by atoms with Crippen LogP contribution in [-0.4, -0.2) is 46.7 Å². The van der Waals surface area contributed by atoms with Crippen LogP contribution in [-0.2, 0) is 9.53 Å². The largest absolute Gasteiger partial charge is 0.367 e. The van der Waals surface area contributed by atoms with Crippen LogP contribution in [0.2, 0.25) is 5.02 Å². The number of nitrogens with two attached hydrogens (primary N) is 1. The second-order valence-corrected chi connectivity index (χ2v) is 5.37. The number of carbonyl (C=O) groups excluding carboxylic acids is 1. The van der Waals surface area contributed by atoms with Crippen LogP contribution in [0.25, 0.3) is 11.4 Å². The van der Waals surface area contributed by atoms with Crippen molar-refractivity contribution in [3.8, 4) is 11.4 Å². The molecule has 1 amide bonds. The molecule has 1 aliphatic heterocycles. The van der Waals surface area contributed by atoms with Crippen LogP contribution in [0.15, 0.2) is 29.3 Å². The third kappa shape index (κ3) is 3.17. The number of aromatic nitrogens is 3. The molecule has 0 radical (unpaired) electrons. The second kappa shape index (κ2) is 6.35. The molecule has 1 atom stereocenters. The zero-order valence-corrected chi connectivity index (χ0v) is 12.8. The Morgan fingerprint density at radius 2 is 2.17 bits per heavy atom. The SMILES string of the molecule is NC(=O)C1CN(c2nc(-c3ccncc3)[nH]c(=O)c2Cl)CCO1. The minimum Gasteiger partial charge on any atom is -0.367 e. The van der Waals surface area contributed by atoms with Gasteiger partial charge in [-0.1, -0.05) is 11.6 Å². The summed E-state index contributed by atoms with van der Waals surface area (Å²) < 4.78 is 5.29. The zero-order valence-electron chi connectivity index (χ0n) is 12.0. The van der Waals surface area contributed by atoms with Crippen LogP contribution in [0.4, 0.5) is 5.82 Å². The highest BCUT2D eigenvalue weighted by Gasteiger charge is 2.28. The number of hydrogen-bond acceptors (Lipinski definition) is 6. The molecule has 0 spiro atoms. The lowest BCUT2D eigenvalue weighted by Gasteiger charge is -2.32. The normalized spacial score (nSPS) is 18.0. The number of morpholine rings is 1. The molecule has 3 N–H and O–H groups in total. The number of H-pyrrole nitrogens is 1. The van der Waals surface area contributed by atoms with Gasteiger partial charge in [-0.25, -0.2) is 4.98 Å². The summed E-state index contributed by atoms with van der Waals surface area (Å²) in [6.45, 7) is 0.944. The van der Waals surface area contributed by atoms with Gasteiger partial charge >= 0.3 is 0 Å². The average molecular weight is 336 g/mol. The van der Waals surface area contributed by atoms with E-state index in [2.05, 4.69) is 15.0 Å². The minimum atomic E-state index is -0.759. The Labute approximate surface area is 136 Å². The molecule has 2 aromatic heterocycles. The predicted molar refractivity (Wildman–Crippen MR) is 84.2 cm³/mol. The summed E-state index contributed by atoms with van der Waals surface area (Å²) in [4.78, 5) is 36.1. The van der Waals surface area contributed by atoms with E-state index in [1.54, 1.807) is 29.4 Å². The number of aromatic amines is 1. The standard InChI is InChI=1S/C14H14ClN5O3/c15-10-13(20-5-6-23-9(7-20)11(16)21)18-12(19-14(10)22)8-1-3-17-4-2-8/h1-4,9H,5-7H2,(H2,16,21)(H,18,19,22). The van der Waals surface area contributed by atoms with E-state index in [-0.39, 0.29) is 11.6 Å². The maximum atomic E-state index is 12.1. The Morgan fingerprint density at radius 1 is 1.43 bits per heavy atom. The highest BCUT2D eigenvalue weighted by atomic mass is 35.5. The van der Waals surface area contributed by atoms with Crippen LogP contribution < -0.4 is 16.2 Å². The quantitative estimate of drug-likeness (QED) is 0.826. The van der Waals surface area contributed by atoms with Crippen molar-refractivity contribution in [3.05, 3.63) is 39.9 Å². The van der Waals surface area contributed by atoms with E-state index in [1.165, 1.54) is 0 Å². The van der Waals surface area contributed by atoms with Crippen molar-refractivity contribution in [1.82, 2.24) is 15.0 Å². The van der Waals surface area contributed by atoms with E-state index >= 15 is 0 Å². The maximum absolute atomic E-state index is 12.1. The summed E-state index contributed by atoms with van der Waals surface area (Å²) in [5, 5.41) is -0.0343. The fraction of sp³-hybridized carbons (Fsp3) is 0.286. The van der Waals surface area contributed by atoms with E-state index in [0.29, 0.717) is 30.4 Å². The van der Waals surface area contributed by atoms with Gasteiger partial charge in [0.2, 0.25) is 5.91 Å². The third-order valence-electron chi connectivity index (χ3n) is 3.48. The first-order chi connectivity index (χ1) is 11.1. The van der Waals surface area contributed by atoms with Crippen LogP contribution in [0.5, 0.6) is 0 Å². The molecule has 23 heavy (non-hydrogen) atoms. The van der Waals surface area contributed by atoms with Gasteiger partial charge in [0.15, 0.2) is 11.9 Å². The Balaban J connectivity index is 2.00. The molecule has 3 heterocycles. The molecule has 2 aromatic rings. The minimum absolute atomic E-state index is 0.0343. The fourth-order valence-corrected chi connectivity index (χ4v) is 2.53. The van der Waals surface area contributed by atoms with Crippen LogP contribution >= 0.6 is 11.6 Å². The number of nitrogens with one attached hydrogen (secondary N) is 1. The number of anilines is 1. The van der Waals surface area contributed by atoms with Gasteiger partial charge in [0.05, 0.1) is 13.2 Å². The topological polar surface area (TPSA) is 114 Å². The monoisotopic (exact) mass is 335 g/mol. The summed E-state index contributed by atoms with van der Waals surface area (Å²) in [6, 6.07) is 3.45. The first-order valence-electron chi connectivity index (χ1n) is 6.92. The van der Waals surface area contributed by atoms with Gasteiger partial charge in [-0.05, 0) is 12.1 Å². The van der Waals surface area contributed by atoms with Crippen LogP contribution in [0.1, 0.15) is 0 Å². The van der Waals surface area contributed by atoms with E-state index < -0.39 is 17.6 Å². The molecule has 0 aromatic carbocycles. The number of hydrogen-bond donors (Lipinski definition) is 2. The molecule has 0 aliphatic carbocycles. The number of rotatable bonds is 3. The number of carbonyl (C=O) groups is 1. The Kier molecular flexibility index (Phi) is 4.26. The van der Waals surface area contributed by atoms with E-state index in [1.807, 2.05) is 0 Å². The molecule has 8 nitrogen and oxygen atoms in total. The van der Waals surface area contributed by atoms with Crippen LogP contribution in [0.3, 0.4) is 0 Å². The molecule has 1 unspecified atom stereocenters. The second-order valence-electron chi connectivity index (χ2n) is 5.00. The van der Waals surface area contributed by atoms with E-state index in [9.17, 15) is 9.59 Å². The van der Waals surface area contributed by atoms with Gasteiger partial charge in [0, 0.05) is 24.5 Å². The number of nitrogens with zero attached hydrogens (tertiary/aromatic N) is 3. The summed E-state index contributed by atoms with van der Waals surface area (Å²) >= 11 is 6.10. The van der Waals surface area contributed by atoms with Crippen molar-refractivity contribution in [2.45, 2.75) is 6.10 Å². The smallest absolute Gasteiger partial charge is 0.272 e. The molecular formula is C14H14ClN5O3. The summed E-state index contributed by atoms with van der Waals surface area (Å²) in [6.07, 6.45) is 2.44. The van der Waals surface area contributed by atoms with Gasteiger partial charge in [0.1, 0.15) is 10.8 Å². The molecule has 1 saturated heterocycles. The Bertz CT molecular complexity index is 780. The van der Waals surface area contributed by atoms with Gasteiger partial charge in [-0.3, -0.25) is 14.6 Å².